The Morgan fingerprint density at radius 2 is 1.18 bits per heavy atom. The standard InChI is InChI=1S/C14H18.2ClH.Hf/c1-3-11-7-5-9-13(11)14-10-6-8-12(14)4-2;;;/h5-8H,3-4,9-10H2,1-2H3;2*1H;/p-2. The molecule has 0 aromatic rings. The van der Waals surface area contributed by atoms with Crippen LogP contribution in [0.25, 0.3) is 0 Å². The molecular formula is C14H18Cl2Hf-2. The number of hydrogen-bond acceptors (Lipinski definition) is 0. The summed E-state index contributed by atoms with van der Waals surface area (Å²) < 4.78 is 0. The van der Waals surface area contributed by atoms with Crippen molar-refractivity contribution in [3.63, 3.8) is 0 Å². The minimum atomic E-state index is 0. The van der Waals surface area contributed by atoms with E-state index in [-0.39, 0.29) is 50.7 Å². The van der Waals surface area contributed by atoms with Crippen molar-refractivity contribution in [3.8, 4) is 0 Å². The first-order valence-electron chi connectivity index (χ1n) is 5.64. The molecule has 17 heavy (non-hydrogen) atoms. The summed E-state index contributed by atoms with van der Waals surface area (Å²) in [6.45, 7) is 4.50. The predicted molar refractivity (Wildman–Crippen MR) is 62.1 cm³/mol. The summed E-state index contributed by atoms with van der Waals surface area (Å²) in [6, 6.07) is 0. The van der Waals surface area contributed by atoms with Crippen LogP contribution in [0.5, 0.6) is 0 Å². The van der Waals surface area contributed by atoms with E-state index in [1.807, 2.05) is 0 Å². The molecule has 0 bridgehead atoms. The average Bonchev–Trinajstić information content (AvgIpc) is 2.85. The van der Waals surface area contributed by atoms with Crippen LogP contribution in [0, 0.1) is 0 Å². The molecule has 0 fully saturated rings. The average molecular weight is 436 g/mol. The summed E-state index contributed by atoms with van der Waals surface area (Å²) in [4.78, 5) is 0. The molecule has 0 atom stereocenters. The minimum Gasteiger partial charge on any atom is -1.00 e. The van der Waals surface area contributed by atoms with Crippen LogP contribution in [0.1, 0.15) is 39.5 Å². The van der Waals surface area contributed by atoms with E-state index in [9.17, 15) is 0 Å². The Morgan fingerprint density at radius 3 is 1.47 bits per heavy atom. The molecular weight excluding hydrogens is 418 g/mol. The summed E-state index contributed by atoms with van der Waals surface area (Å²) in [5, 5.41) is 0. The Kier molecular flexibility index (Phi) is 10.9. The van der Waals surface area contributed by atoms with Gasteiger partial charge in [-0.1, -0.05) is 38.2 Å². The third-order valence-electron chi connectivity index (χ3n) is 3.18. The van der Waals surface area contributed by atoms with Crippen molar-refractivity contribution in [2.75, 3.05) is 0 Å². The quantitative estimate of drug-likeness (QED) is 0.465. The molecule has 3 heteroatoms. The summed E-state index contributed by atoms with van der Waals surface area (Å²) in [7, 11) is 0. The fraction of sp³-hybridized carbons (Fsp3) is 0.429. The zero-order valence-corrected chi connectivity index (χ0v) is 15.5. The molecule has 0 aliphatic heterocycles. The molecule has 0 N–H and O–H groups in total. The van der Waals surface area contributed by atoms with Crippen LogP contribution in [0.4, 0.5) is 0 Å². The first-order chi connectivity index (χ1) is 6.86. The van der Waals surface area contributed by atoms with Crippen molar-refractivity contribution in [2.45, 2.75) is 39.5 Å². The second kappa shape index (κ2) is 9.35. The minimum absolute atomic E-state index is 0. The van der Waals surface area contributed by atoms with Gasteiger partial charge in [-0.2, -0.15) is 0 Å². The van der Waals surface area contributed by atoms with Crippen LogP contribution in [-0.4, -0.2) is 0 Å². The van der Waals surface area contributed by atoms with Crippen molar-refractivity contribution in [1.29, 1.82) is 0 Å². The third kappa shape index (κ3) is 4.22. The summed E-state index contributed by atoms with van der Waals surface area (Å²) in [6.07, 6.45) is 13.9. The summed E-state index contributed by atoms with van der Waals surface area (Å²) >= 11 is 0. The number of rotatable bonds is 3. The van der Waals surface area contributed by atoms with E-state index in [1.54, 1.807) is 22.3 Å². The van der Waals surface area contributed by atoms with Gasteiger partial charge in [0.15, 0.2) is 0 Å². The molecule has 0 radical (unpaired) electrons. The second-order valence-corrected chi connectivity index (χ2v) is 3.93. The van der Waals surface area contributed by atoms with E-state index in [1.165, 1.54) is 12.8 Å². The van der Waals surface area contributed by atoms with Gasteiger partial charge in [0.1, 0.15) is 0 Å². The predicted octanol–water partition coefficient (Wildman–Crippen LogP) is -1.68. The van der Waals surface area contributed by atoms with Gasteiger partial charge in [0.2, 0.25) is 0 Å². The van der Waals surface area contributed by atoms with Gasteiger partial charge in [-0.25, -0.2) is 0 Å². The molecule has 0 aromatic carbocycles. The van der Waals surface area contributed by atoms with E-state index in [0.717, 1.165) is 12.8 Å². The molecule has 0 amide bonds. The Bertz CT molecular complexity index is 326. The monoisotopic (exact) mass is 436 g/mol. The van der Waals surface area contributed by atoms with E-state index in [4.69, 9.17) is 0 Å². The van der Waals surface area contributed by atoms with Crippen LogP contribution >= 0.6 is 0 Å². The van der Waals surface area contributed by atoms with Gasteiger partial charge in [-0.05, 0) is 48.0 Å². The number of allylic oxidation sites excluding steroid dienone is 8. The van der Waals surface area contributed by atoms with Crippen LogP contribution in [0.15, 0.2) is 46.6 Å². The Labute approximate surface area is 136 Å². The molecule has 0 unspecified atom stereocenters. The molecule has 0 nitrogen and oxygen atoms in total. The molecule has 0 spiro atoms. The molecule has 2 aliphatic carbocycles. The zero-order chi connectivity index (χ0) is 9.97. The maximum Gasteiger partial charge on any atom is 0 e. The van der Waals surface area contributed by atoms with Crippen molar-refractivity contribution in [3.05, 3.63) is 46.6 Å². The van der Waals surface area contributed by atoms with E-state index >= 15 is 0 Å². The van der Waals surface area contributed by atoms with Gasteiger partial charge in [0, 0.05) is 25.8 Å². The first kappa shape index (κ1) is 19.7. The van der Waals surface area contributed by atoms with Gasteiger partial charge in [-0.15, -0.1) is 0 Å². The van der Waals surface area contributed by atoms with E-state index < -0.39 is 0 Å². The van der Waals surface area contributed by atoms with E-state index in [0.29, 0.717) is 0 Å². The smallest absolute Gasteiger partial charge is 0 e. The van der Waals surface area contributed by atoms with Crippen LogP contribution in [-0.2, 0) is 25.8 Å². The van der Waals surface area contributed by atoms with Gasteiger partial charge in [-0.3, -0.25) is 0 Å². The van der Waals surface area contributed by atoms with Crippen molar-refractivity contribution >= 4 is 0 Å². The number of halogens is 2. The van der Waals surface area contributed by atoms with Gasteiger partial charge in [0.05, 0.1) is 0 Å². The van der Waals surface area contributed by atoms with Crippen LogP contribution < -0.4 is 24.8 Å². The molecule has 0 saturated carbocycles. The zero-order valence-electron chi connectivity index (χ0n) is 10.4. The maximum absolute atomic E-state index is 2.30. The maximum atomic E-state index is 2.30. The van der Waals surface area contributed by atoms with Crippen LogP contribution in [0.2, 0.25) is 0 Å². The summed E-state index contributed by atoms with van der Waals surface area (Å²) in [5.74, 6) is 0. The second-order valence-electron chi connectivity index (χ2n) is 3.93. The molecule has 0 saturated heterocycles. The van der Waals surface area contributed by atoms with Gasteiger partial charge >= 0.3 is 0 Å². The fourth-order valence-electron chi connectivity index (χ4n) is 2.40. The topological polar surface area (TPSA) is 0 Å². The SMILES string of the molecule is CCC1=C(C2=C(CC)C=CC2)CC=C1.[Cl-].[Cl-].[Hf]. The Hall–Kier alpha value is 0.410. The van der Waals surface area contributed by atoms with Gasteiger partial charge in [0.25, 0.3) is 0 Å². The molecule has 94 valence electrons. The largest absolute Gasteiger partial charge is 1.00 e. The van der Waals surface area contributed by atoms with Crippen molar-refractivity contribution in [2.24, 2.45) is 0 Å². The first-order valence-corrected chi connectivity index (χ1v) is 5.64. The number of hydrogen-bond donors (Lipinski definition) is 0. The third-order valence-corrected chi connectivity index (χ3v) is 3.18. The van der Waals surface area contributed by atoms with Crippen LogP contribution in [0.3, 0.4) is 0 Å². The van der Waals surface area contributed by atoms with Crippen molar-refractivity contribution in [1.82, 2.24) is 0 Å². The van der Waals surface area contributed by atoms with Crippen molar-refractivity contribution < 1.29 is 50.7 Å². The molecule has 2 aliphatic rings. The fourth-order valence-corrected chi connectivity index (χ4v) is 2.40. The Balaban J connectivity index is 0. The molecule has 2 rings (SSSR count). The van der Waals surface area contributed by atoms with E-state index in [2.05, 4.69) is 38.2 Å². The molecule has 0 aromatic heterocycles. The Morgan fingerprint density at radius 1 is 0.824 bits per heavy atom. The van der Waals surface area contributed by atoms with Gasteiger partial charge < -0.3 is 24.8 Å². The molecule has 0 heterocycles. The normalized spacial score (nSPS) is 16.8. The summed E-state index contributed by atoms with van der Waals surface area (Å²) in [5.41, 5.74) is 6.31.